The summed E-state index contributed by atoms with van der Waals surface area (Å²) in [7, 11) is -2.27. The number of anilines is 1. The Bertz CT molecular complexity index is 732. The van der Waals surface area contributed by atoms with Gasteiger partial charge in [-0.05, 0) is 36.4 Å². The first-order chi connectivity index (χ1) is 9.42. The van der Waals surface area contributed by atoms with Crippen LogP contribution in [0.2, 0.25) is 10.0 Å². The number of methoxy groups -OCH3 is 1. The fourth-order valence-electron chi connectivity index (χ4n) is 1.58. The summed E-state index contributed by atoms with van der Waals surface area (Å²) < 4.78 is 31.8. The van der Waals surface area contributed by atoms with Crippen molar-refractivity contribution < 1.29 is 13.2 Å². The van der Waals surface area contributed by atoms with Crippen LogP contribution in [0.4, 0.5) is 5.69 Å². The van der Waals surface area contributed by atoms with Crippen molar-refractivity contribution in [2.24, 2.45) is 0 Å². The second-order valence-electron chi connectivity index (χ2n) is 3.91. The third kappa shape index (κ3) is 3.36. The van der Waals surface area contributed by atoms with Crippen molar-refractivity contribution >= 4 is 38.9 Å². The van der Waals surface area contributed by atoms with Crippen molar-refractivity contribution in [1.82, 2.24) is 0 Å². The van der Waals surface area contributed by atoms with Gasteiger partial charge in [0, 0.05) is 5.02 Å². The number of halogens is 2. The summed E-state index contributed by atoms with van der Waals surface area (Å²) in [5.41, 5.74) is 0.379. The van der Waals surface area contributed by atoms with E-state index in [4.69, 9.17) is 27.9 Å². The normalized spacial score (nSPS) is 11.2. The molecule has 0 radical (unpaired) electrons. The Morgan fingerprint density at radius 3 is 2.45 bits per heavy atom. The predicted octanol–water partition coefficient (Wildman–Crippen LogP) is 3.80. The van der Waals surface area contributed by atoms with E-state index < -0.39 is 10.0 Å². The lowest BCUT2D eigenvalue weighted by molar-refractivity contribution is 0.414. The van der Waals surface area contributed by atoms with Crippen molar-refractivity contribution in [2.75, 3.05) is 11.8 Å². The number of nitrogens with one attached hydrogen (secondary N) is 1. The summed E-state index contributed by atoms with van der Waals surface area (Å²) in [5.74, 6) is 0.411. The van der Waals surface area contributed by atoms with Crippen LogP contribution in [-0.4, -0.2) is 15.5 Å². The first-order valence-corrected chi connectivity index (χ1v) is 7.78. The monoisotopic (exact) mass is 331 g/mol. The van der Waals surface area contributed by atoms with Gasteiger partial charge >= 0.3 is 0 Å². The van der Waals surface area contributed by atoms with E-state index in [0.29, 0.717) is 16.5 Å². The minimum atomic E-state index is -3.73. The summed E-state index contributed by atoms with van der Waals surface area (Å²) in [5, 5.41) is 0.666. The SMILES string of the molecule is COc1ccc(S(=O)(=O)Nc2cccc(Cl)c2)cc1Cl. The lowest BCUT2D eigenvalue weighted by Crippen LogP contribution is -2.12. The molecule has 0 spiro atoms. The van der Waals surface area contributed by atoms with Gasteiger partial charge in [0.25, 0.3) is 10.0 Å². The number of ether oxygens (including phenoxy) is 1. The molecule has 2 aromatic carbocycles. The molecule has 1 N–H and O–H groups in total. The number of hydrogen-bond donors (Lipinski definition) is 1. The molecule has 0 fully saturated rings. The zero-order valence-electron chi connectivity index (χ0n) is 10.4. The predicted molar refractivity (Wildman–Crippen MR) is 80.3 cm³/mol. The Kier molecular flexibility index (Phi) is 4.42. The van der Waals surface area contributed by atoms with Crippen LogP contribution in [0, 0.1) is 0 Å². The van der Waals surface area contributed by atoms with E-state index in [9.17, 15) is 8.42 Å². The molecule has 0 aliphatic carbocycles. The van der Waals surface area contributed by atoms with Crippen LogP contribution in [0.15, 0.2) is 47.4 Å². The molecule has 4 nitrogen and oxygen atoms in total. The van der Waals surface area contributed by atoms with Crippen LogP contribution in [0.1, 0.15) is 0 Å². The minimum absolute atomic E-state index is 0.0447. The Hall–Kier alpha value is -1.43. The molecule has 20 heavy (non-hydrogen) atoms. The number of rotatable bonds is 4. The number of sulfonamides is 1. The molecule has 0 aliphatic heterocycles. The first kappa shape index (κ1) is 15.0. The topological polar surface area (TPSA) is 55.4 Å². The highest BCUT2D eigenvalue weighted by Crippen LogP contribution is 2.28. The molecular formula is C13H11Cl2NO3S. The van der Waals surface area contributed by atoms with Gasteiger partial charge in [0.2, 0.25) is 0 Å². The van der Waals surface area contributed by atoms with Gasteiger partial charge in [0.05, 0.1) is 22.7 Å². The molecule has 0 aromatic heterocycles. The Labute approximate surface area is 127 Å². The standard InChI is InChI=1S/C13H11Cl2NO3S/c1-19-13-6-5-11(8-12(13)15)20(17,18)16-10-4-2-3-9(14)7-10/h2-8,16H,1H3. The van der Waals surface area contributed by atoms with E-state index in [1.807, 2.05) is 0 Å². The quantitative estimate of drug-likeness (QED) is 0.926. The third-order valence-electron chi connectivity index (χ3n) is 2.51. The van der Waals surface area contributed by atoms with Crippen LogP contribution >= 0.6 is 23.2 Å². The van der Waals surface area contributed by atoms with Crippen LogP contribution in [0.25, 0.3) is 0 Å². The molecule has 0 aliphatic rings. The van der Waals surface area contributed by atoms with Gasteiger partial charge in [-0.1, -0.05) is 29.3 Å². The average molecular weight is 332 g/mol. The molecule has 7 heteroatoms. The molecular weight excluding hydrogens is 321 g/mol. The average Bonchev–Trinajstić information content (AvgIpc) is 2.38. The van der Waals surface area contributed by atoms with E-state index in [-0.39, 0.29) is 9.92 Å². The van der Waals surface area contributed by atoms with Crippen molar-refractivity contribution in [1.29, 1.82) is 0 Å². The molecule has 2 aromatic rings. The molecule has 0 saturated carbocycles. The molecule has 0 atom stereocenters. The minimum Gasteiger partial charge on any atom is -0.495 e. The Morgan fingerprint density at radius 2 is 1.85 bits per heavy atom. The summed E-state index contributed by atoms with van der Waals surface area (Å²) in [6.45, 7) is 0. The van der Waals surface area contributed by atoms with Gasteiger partial charge in [-0.15, -0.1) is 0 Å². The molecule has 0 heterocycles. The van der Waals surface area contributed by atoms with E-state index in [1.54, 1.807) is 18.2 Å². The maximum atomic E-state index is 12.2. The summed E-state index contributed by atoms with van der Waals surface area (Å²) in [6.07, 6.45) is 0. The first-order valence-electron chi connectivity index (χ1n) is 5.54. The van der Waals surface area contributed by atoms with Gasteiger partial charge in [-0.2, -0.15) is 0 Å². The zero-order chi connectivity index (χ0) is 14.8. The number of benzene rings is 2. The molecule has 0 amide bonds. The third-order valence-corrected chi connectivity index (χ3v) is 4.42. The summed E-state index contributed by atoms with van der Waals surface area (Å²) >= 11 is 11.7. The Morgan fingerprint density at radius 1 is 1.10 bits per heavy atom. The molecule has 0 saturated heterocycles. The molecule has 2 rings (SSSR count). The molecule has 0 bridgehead atoms. The highest BCUT2D eigenvalue weighted by Gasteiger charge is 2.16. The highest BCUT2D eigenvalue weighted by molar-refractivity contribution is 7.92. The highest BCUT2D eigenvalue weighted by atomic mass is 35.5. The van der Waals surface area contributed by atoms with Gasteiger partial charge in [0.15, 0.2) is 0 Å². The van der Waals surface area contributed by atoms with E-state index >= 15 is 0 Å². The second-order valence-corrected chi connectivity index (χ2v) is 6.44. The van der Waals surface area contributed by atoms with Gasteiger partial charge < -0.3 is 4.74 Å². The second kappa shape index (κ2) is 5.91. The fraction of sp³-hybridized carbons (Fsp3) is 0.0769. The van der Waals surface area contributed by atoms with Gasteiger partial charge in [-0.3, -0.25) is 4.72 Å². The van der Waals surface area contributed by atoms with Gasteiger partial charge in [-0.25, -0.2) is 8.42 Å². The number of hydrogen-bond acceptors (Lipinski definition) is 3. The van der Waals surface area contributed by atoms with Crippen molar-refractivity contribution in [2.45, 2.75) is 4.90 Å². The van der Waals surface area contributed by atoms with Crippen molar-refractivity contribution in [3.8, 4) is 5.75 Å². The Balaban J connectivity index is 2.33. The fourth-order valence-corrected chi connectivity index (χ4v) is 3.17. The maximum absolute atomic E-state index is 12.2. The van der Waals surface area contributed by atoms with Crippen molar-refractivity contribution in [3.63, 3.8) is 0 Å². The van der Waals surface area contributed by atoms with Crippen LogP contribution < -0.4 is 9.46 Å². The lowest BCUT2D eigenvalue weighted by atomic mass is 10.3. The largest absolute Gasteiger partial charge is 0.495 e. The smallest absolute Gasteiger partial charge is 0.261 e. The van der Waals surface area contributed by atoms with Crippen molar-refractivity contribution in [3.05, 3.63) is 52.5 Å². The maximum Gasteiger partial charge on any atom is 0.261 e. The molecule has 0 unspecified atom stereocenters. The summed E-state index contributed by atoms with van der Waals surface area (Å²) in [6, 6.07) is 10.7. The summed E-state index contributed by atoms with van der Waals surface area (Å²) in [4.78, 5) is 0.0447. The van der Waals surface area contributed by atoms with Gasteiger partial charge in [0.1, 0.15) is 5.75 Å². The van der Waals surface area contributed by atoms with E-state index in [1.165, 1.54) is 31.4 Å². The molecule has 106 valence electrons. The van der Waals surface area contributed by atoms with Crippen LogP contribution in [0.3, 0.4) is 0 Å². The van der Waals surface area contributed by atoms with E-state index in [0.717, 1.165) is 0 Å². The lowest BCUT2D eigenvalue weighted by Gasteiger charge is -2.10. The van der Waals surface area contributed by atoms with Crippen LogP contribution in [0.5, 0.6) is 5.75 Å². The van der Waals surface area contributed by atoms with Crippen LogP contribution in [-0.2, 0) is 10.0 Å². The zero-order valence-corrected chi connectivity index (χ0v) is 12.8. The van der Waals surface area contributed by atoms with E-state index in [2.05, 4.69) is 4.72 Å².